The van der Waals surface area contributed by atoms with Gasteiger partial charge in [0, 0.05) is 29.3 Å². The molecule has 0 bridgehead atoms. The molecule has 1 aromatic heterocycles. The van der Waals surface area contributed by atoms with E-state index >= 15 is 0 Å². The number of hydrogen-bond acceptors (Lipinski definition) is 3. The summed E-state index contributed by atoms with van der Waals surface area (Å²) in [5, 5.41) is 3.65. The quantitative estimate of drug-likeness (QED) is 0.441. The number of carbonyl (C=O) groups is 1. The minimum Gasteiger partial charge on any atom is -0.490 e. The lowest BCUT2D eigenvalue weighted by atomic mass is 10.1. The highest BCUT2D eigenvalue weighted by Gasteiger charge is 2.12. The molecule has 0 saturated carbocycles. The van der Waals surface area contributed by atoms with Crippen molar-refractivity contribution in [1.82, 2.24) is 10.3 Å². The second-order valence-electron chi connectivity index (χ2n) is 6.38. The second-order valence-corrected chi connectivity index (χ2v) is 6.38. The number of nitrogens with one attached hydrogen (secondary N) is 1. The summed E-state index contributed by atoms with van der Waals surface area (Å²) < 4.78 is 20.1. The maximum absolute atomic E-state index is 14.6. The first kappa shape index (κ1) is 19.5. The summed E-state index contributed by atoms with van der Waals surface area (Å²) in [6.45, 7) is 2.50. The summed E-state index contributed by atoms with van der Waals surface area (Å²) in [6.07, 6.45) is 7.46. The van der Waals surface area contributed by atoms with Crippen LogP contribution in [0.15, 0.2) is 66.9 Å². The number of rotatable bonds is 8. The highest BCUT2D eigenvalue weighted by Crippen LogP contribution is 2.21. The average Bonchev–Trinajstić information content (AvgIpc) is 2.73. The Morgan fingerprint density at radius 1 is 1.21 bits per heavy atom. The highest BCUT2D eigenvalue weighted by atomic mass is 19.1. The number of benzene rings is 2. The number of pyridine rings is 1. The standard InChI is InChI=1S/C23H23FN2O2/c1-2-3-4-5-14-28-21-10-6-8-19(22(21)24)16-26-23(27)18-11-12-20-17(15-18)9-7-13-25-20/h2-3,6-13,15H,4-5,14,16H2,1H3,(H,26,27)/b3-2+. The van der Waals surface area contributed by atoms with Crippen LogP contribution < -0.4 is 10.1 Å². The summed E-state index contributed by atoms with van der Waals surface area (Å²) in [5.74, 6) is -0.483. The van der Waals surface area contributed by atoms with Crippen LogP contribution in [0.4, 0.5) is 4.39 Å². The van der Waals surface area contributed by atoms with Crippen molar-refractivity contribution < 1.29 is 13.9 Å². The van der Waals surface area contributed by atoms with E-state index in [1.54, 1.807) is 42.6 Å². The fourth-order valence-electron chi connectivity index (χ4n) is 2.85. The topological polar surface area (TPSA) is 51.2 Å². The van der Waals surface area contributed by atoms with Crippen LogP contribution in [0.25, 0.3) is 10.9 Å². The van der Waals surface area contributed by atoms with E-state index in [1.807, 2.05) is 25.1 Å². The van der Waals surface area contributed by atoms with Gasteiger partial charge in [-0.3, -0.25) is 9.78 Å². The molecule has 0 atom stereocenters. The van der Waals surface area contributed by atoms with Gasteiger partial charge in [-0.25, -0.2) is 4.39 Å². The molecule has 0 radical (unpaired) electrons. The van der Waals surface area contributed by atoms with Gasteiger partial charge in [-0.05, 0) is 50.1 Å². The molecule has 1 heterocycles. The van der Waals surface area contributed by atoms with Crippen molar-refractivity contribution in [2.45, 2.75) is 26.3 Å². The monoisotopic (exact) mass is 378 g/mol. The largest absolute Gasteiger partial charge is 0.490 e. The molecule has 5 heteroatoms. The number of hydrogen-bond donors (Lipinski definition) is 1. The molecule has 2 aromatic carbocycles. The Labute approximate surface area is 164 Å². The van der Waals surface area contributed by atoms with Crippen molar-refractivity contribution in [2.75, 3.05) is 6.61 Å². The van der Waals surface area contributed by atoms with Gasteiger partial charge < -0.3 is 10.1 Å². The van der Waals surface area contributed by atoms with E-state index in [0.717, 1.165) is 23.7 Å². The first-order valence-corrected chi connectivity index (χ1v) is 9.33. The Morgan fingerprint density at radius 3 is 2.96 bits per heavy atom. The molecule has 144 valence electrons. The molecule has 3 rings (SSSR count). The van der Waals surface area contributed by atoms with E-state index in [2.05, 4.69) is 16.4 Å². The number of carbonyl (C=O) groups excluding carboxylic acids is 1. The number of aromatic nitrogens is 1. The van der Waals surface area contributed by atoms with Crippen LogP contribution in [0, 0.1) is 5.82 Å². The number of amides is 1. The molecular weight excluding hydrogens is 355 g/mol. The molecule has 1 amide bonds. The van der Waals surface area contributed by atoms with Gasteiger partial charge in [0.2, 0.25) is 0 Å². The van der Waals surface area contributed by atoms with Gasteiger partial charge in [0.1, 0.15) is 0 Å². The predicted molar refractivity (Wildman–Crippen MR) is 109 cm³/mol. The summed E-state index contributed by atoms with van der Waals surface area (Å²) in [6, 6.07) is 14.0. The number of nitrogens with zero attached hydrogens (tertiary/aromatic N) is 1. The minimum absolute atomic E-state index is 0.0888. The van der Waals surface area contributed by atoms with Gasteiger partial charge >= 0.3 is 0 Å². The number of allylic oxidation sites excluding steroid dienone is 2. The fraction of sp³-hybridized carbons (Fsp3) is 0.217. The van der Waals surface area contributed by atoms with Crippen LogP contribution in [-0.2, 0) is 6.54 Å². The second kappa shape index (κ2) is 9.65. The fourth-order valence-corrected chi connectivity index (χ4v) is 2.85. The zero-order valence-electron chi connectivity index (χ0n) is 15.8. The number of ether oxygens (including phenoxy) is 1. The van der Waals surface area contributed by atoms with Gasteiger partial charge in [0.15, 0.2) is 11.6 Å². The van der Waals surface area contributed by atoms with Crippen LogP contribution in [0.5, 0.6) is 5.75 Å². The van der Waals surface area contributed by atoms with E-state index in [-0.39, 0.29) is 18.2 Å². The first-order chi connectivity index (χ1) is 13.7. The maximum atomic E-state index is 14.6. The molecule has 0 fully saturated rings. The third-order valence-electron chi connectivity index (χ3n) is 4.36. The normalized spacial score (nSPS) is 11.1. The average molecular weight is 378 g/mol. The Kier molecular flexibility index (Phi) is 6.73. The summed E-state index contributed by atoms with van der Waals surface area (Å²) in [5.41, 5.74) is 1.73. The molecule has 0 aliphatic rings. The Balaban J connectivity index is 1.61. The maximum Gasteiger partial charge on any atom is 0.251 e. The zero-order valence-corrected chi connectivity index (χ0v) is 15.8. The predicted octanol–water partition coefficient (Wildman–Crippen LogP) is 5.04. The number of fused-ring (bicyclic) bond motifs is 1. The van der Waals surface area contributed by atoms with Crippen molar-refractivity contribution in [3.8, 4) is 5.75 Å². The van der Waals surface area contributed by atoms with E-state index in [1.165, 1.54) is 0 Å². The lowest BCUT2D eigenvalue weighted by Gasteiger charge is -2.11. The summed E-state index contributed by atoms with van der Waals surface area (Å²) in [4.78, 5) is 16.7. The van der Waals surface area contributed by atoms with Crippen molar-refractivity contribution >= 4 is 16.8 Å². The molecular formula is C23H23FN2O2. The summed E-state index contributed by atoms with van der Waals surface area (Å²) in [7, 11) is 0. The molecule has 0 aliphatic carbocycles. The molecule has 0 saturated heterocycles. The third kappa shape index (κ3) is 4.94. The minimum atomic E-state index is -0.434. The first-order valence-electron chi connectivity index (χ1n) is 9.33. The van der Waals surface area contributed by atoms with Crippen molar-refractivity contribution in [2.24, 2.45) is 0 Å². The smallest absolute Gasteiger partial charge is 0.251 e. The van der Waals surface area contributed by atoms with Gasteiger partial charge in [0.25, 0.3) is 5.91 Å². The number of halogens is 1. The zero-order chi connectivity index (χ0) is 19.8. The van der Waals surface area contributed by atoms with Crippen LogP contribution >= 0.6 is 0 Å². The summed E-state index contributed by atoms with van der Waals surface area (Å²) >= 11 is 0. The van der Waals surface area contributed by atoms with Crippen LogP contribution in [0.3, 0.4) is 0 Å². The number of unbranched alkanes of at least 4 members (excludes halogenated alkanes) is 1. The highest BCUT2D eigenvalue weighted by molar-refractivity contribution is 5.97. The van der Waals surface area contributed by atoms with Crippen LogP contribution in [0.2, 0.25) is 0 Å². The van der Waals surface area contributed by atoms with Gasteiger partial charge in [-0.15, -0.1) is 0 Å². The molecule has 28 heavy (non-hydrogen) atoms. The van der Waals surface area contributed by atoms with Crippen molar-refractivity contribution in [3.63, 3.8) is 0 Å². The van der Waals surface area contributed by atoms with E-state index in [0.29, 0.717) is 17.7 Å². The molecule has 3 aromatic rings. The molecule has 0 spiro atoms. The molecule has 0 aliphatic heterocycles. The van der Waals surface area contributed by atoms with Crippen LogP contribution in [0.1, 0.15) is 35.7 Å². The SMILES string of the molecule is C/C=C/CCCOc1cccc(CNC(=O)c2ccc3ncccc3c2)c1F. The molecule has 0 unspecified atom stereocenters. The van der Waals surface area contributed by atoms with E-state index in [4.69, 9.17) is 4.74 Å². The van der Waals surface area contributed by atoms with Crippen LogP contribution in [-0.4, -0.2) is 17.5 Å². The Morgan fingerprint density at radius 2 is 2.11 bits per heavy atom. The van der Waals surface area contributed by atoms with Gasteiger partial charge in [-0.1, -0.05) is 30.4 Å². The molecule has 1 N–H and O–H groups in total. The lowest BCUT2D eigenvalue weighted by molar-refractivity contribution is 0.0950. The van der Waals surface area contributed by atoms with Gasteiger partial charge in [-0.2, -0.15) is 0 Å². The Hall–Kier alpha value is -3.21. The Bertz CT molecular complexity index is 985. The third-order valence-corrected chi connectivity index (χ3v) is 4.36. The lowest BCUT2D eigenvalue weighted by Crippen LogP contribution is -2.23. The van der Waals surface area contributed by atoms with E-state index in [9.17, 15) is 9.18 Å². The van der Waals surface area contributed by atoms with Crippen molar-refractivity contribution in [1.29, 1.82) is 0 Å². The van der Waals surface area contributed by atoms with Crippen molar-refractivity contribution in [3.05, 3.63) is 83.8 Å². The van der Waals surface area contributed by atoms with E-state index < -0.39 is 5.82 Å². The van der Waals surface area contributed by atoms with Gasteiger partial charge in [0.05, 0.1) is 12.1 Å². The molecule has 4 nitrogen and oxygen atoms in total.